The molecule has 1 aromatic carbocycles. The molecule has 1 aliphatic rings. The third-order valence-corrected chi connectivity index (χ3v) is 3.50. The van der Waals surface area contributed by atoms with Crippen LogP contribution in [0.25, 0.3) is 0 Å². The second-order valence-corrected chi connectivity index (χ2v) is 5.19. The van der Waals surface area contributed by atoms with E-state index in [1.807, 2.05) is 35.3 Å². The Balaban J connectivity index is 1.94. The molecule has 1 aromatic rings. The predicted molar refractivity (Wildman–Crippen MR) is 78.5 cm³/mol. The molecule has 21 heavy (non-hydrogen) atoms. The lowest BCUT2D eigenvalue weighted by Gasteiger charge is -2.28. The third kappa shape index (κ3) is 5.07. The van der Waals surface area contributed by atoms with Crippen molar-refractivity contribution in [3.8, 4) is 0 Å². The number of amides is 2. The Kier molecular flexibility index (Phi) is 5.57. The summed E-state index contributed by atoms with van der Waals surface area (Å²) >= 11 is 0. The van der Waals surface area contributed by atoms with Crippen LogP contribution in [0, 0.1) is 0 Å². The van der Waals surface area contributed by atoms with Gasteiger partial charge in [-0.25, -0.2) is 9.80 Å². The number of carbonyl (C=O) groups is 2. The van der Waals surface area contributed by atoms with Crippen LogP contribution < -0.4 is 10.7 Å². The molecule has 0 aliphatic carbocycles. The molecule has 0 spiro atoms. The smallest absolute Gasteiger partial charge is 0.329 e. The standard InChI is InChI=1S/C15H21N3O3/c19-14(20)11-13(12-7-3-1-4-8-12)16-15(21)17-18-9-5-2-6-10-18/h1,3-4,7-8,13H,2,5-6,9-11H2,(H,19,20)(H2,16,17,21). The number of nitrogens with zero attached hydrogens (tertiary/aromatic N) is 1. The Hall–Kier alpha value is -2.08. The van der Waals surface area contributed by atoms with Gasteiger partial charge in [0.15, 0.2) is 0 Å². The van der Waals surface area contributed by atoms with Crippen LogP contribution in [-0.2, 0) is 4.79 Å². The van der Waals surface area contributed by atoms with E-state index in [0.29, 0.717) is 0 Å². The van der Waals surface area contributed by atoms with Crippen LogP contribution in [0.15, 0.2) is 30.3 Å². The Morgan fingerprint density at radius 2 is 1.81 bits per heavy atom. The van der Waals surface area contributed by atoms with E-state index in [1.54, 1.807) is 0 Å². The van der Waals surface area contributed by atoms with Gasteiger partial charge >= 0.3 is 12.0 Å². The summed E-state index contributed by atoms with van der Waals surface area (Å²) in [6.45, 7) is 1.67. The number of hydrogen-bond donors (Lipinski definition) is 3. The number of urea groups is 1. The highest BCUT2D eigenvalue weighted by atomic mass is 16.4. The molecule has 0 radical (unpaired) electrons. The van der Waals surface area contributed by atoms with Crippen molar-refractivity contribution in [3.63, 3.8) is 0 Å². The van der Waals surface area contributed by atoms with Crippen molar-refractivity contribution in [1.82, 2.24) is 15.8 Å². The summed E-state index contributed by atoms with van der Waals surface area (Å²) in [7, 11) is 0. The molecule has 1 unspecified atom stereocenters. The first kappa shape index (κ1) is 15.3. The van der Waals surface area contributed by atoms with Crippen molar-refractivity contribution >= 4 is 12.0 Å². The number of benzene rings is 1. The van der Waals surface area contributed by atoms with Crippen LogP contribution in [0.1, 0.15) is 37.3 Å². The van der Waals surface area contributed by atoms with Crippen molar-refractivity contribution < 1.29 is 14.7 Å². The van der Waals surface area contributed by atoms with E-state index in [9.17, 15) is 9.59 Å². The van der Waals surface area contributed by atoms with Crippen LogP contribution >= 0.6 is 0 Å². The number of carbonyl (C=O) groups excluding carboxylic acids is 1. The van der Waals surface area contributed by atoms with Crippen LogP contribution in [0.4, 0.5) is 4.79 Å². The summed E-state index contributed by atoms with van der Waals surface area (Å²) in [5, 5.41) is 13.6. The second kappa shape index (κ2) is 7.64. The van der Waals surface area contributed by atoms with Gasteiger partial charge in [0.25, 0.3) is 0 Å². The first-order chi connectivity index (χ1) is 10.1. The van der Waals surface area contributed by atoms with E-state index in [4.69, 9.17) is 5.11 Å². The number of carboxylic acids is 1. The highest BCUT2D eigenvalue weighted by Gasteiger charge is 2.19. The molecule has 3 N–H and O–H groups in total. The fourth-order valence-electron chi connectivity index (χ4n) is 2.45. The topological polar surface area (TPSA) is 81.7 Å². The van der Waals surface area contributed by atoms with Crippen LogP contribution in [0.2, 0.25) is 0 Å². The maximum Gasteiger partial charge on any atom is 0.329 e. The lowest BCUT2D eigenvalue weighted by molar-refractivity contribution is -0.137. The van der Waals surface area contributed by atoms with Crippen LogP contribution in [-0.4, -0.2) is 35.2 Å². The summed E-state index contributed by atoms with van der Waals surface area (Å²) in [6.07, 6.45) is 3.18. The summed E-state index contributed by atoms with van der Waals surface area (Å²) in [4.78, 5) is 23.0. The molecule has 1 fully saturated rings. The van der Waals surface area contributed by atoms with Gasteiger partial charge in [0.2, 0.25) is 0 Å². The zero-order valence-electron chi connectivity index (χ0n) is 11.9. The van der Waals surface area contributed by atoms with Gasteiger partial charge in [-0.3, -0.25) is 10.2 Å². The van der Waals surface area contributed by atoms with E-state index in [-0.39, 0.29) is 12.5 Å². The fraction of sp³-hybridized carbons (Fsp3) is 0.467. The van der Waals surface area contributed by atoms with Crippen molar-refractivity contribution in [2.45, 2.75) is 31.7 Å². The largest absolute Gasteiger partial charge is 0.481 e. The highest BCUT2D eigenvalue weighted by molar-refractivity contribution is 5.75. The number of piperidine rings is 1. The van der Waals surface area contributed by atoms with E-state index in [2.05, 4.69) is 10.7 Å². The lowest BCUT2D eigenvalue weighted by atomic mass is 10.0. The normalized spacial score (nSPS) is 17.0. The molecule has 0 bridgehead atoms. The van der Waals surface area contributed by atoms with Crippen molar-refractivity contribution in [2.24, 2.45) is 0 Å². The van der Waals surface area contributed by atoms with Gasteiger partial charge in [0.05, 0.1) is 12.5 Å². The van der Waals surface area contributed by atoms with Crippen molar-refractivity contribution in [3.05, 3.63) is 35.9 Å². The molecule has 1 saturated heterocycles. The zero-order valence-corrected chi connectivity index (χ0v) is 11.9. The maximum absolute atomic E-state index is 12.0. The molecule has 0 saturated carbocycles. The fourth-order valence-corrected chi connectivity index (χ4v) is 2.45. The van der Waals surface area contributed by atoms with Gasteiger partial charge in [-0.2, -0.15) is 0 Å². The monoisotopic (exact) mass is 291 g/mol. The molecule has 1 aliphatic heterocycles. The van der Waals surface area contributed by atoms with E-state index in [1.165, 1.54) is 6.42 Å². The summed E-state index contributed by atoms with van der Waals surface area (Å²) in [6, 6.07) is 8.25. The minimum absolute atomic E-state index is 0.141. The van der Waals surface area contributed by atoms with E-state index < -0.39 is 12.0 Å². The van der Waals surface area contributed by atoms with Crippen molar-refractivity contribution in [2.75, 3.05) is 13.1 Å². The van der Waals surface area contributed by atoms with Gasteiger partial charge in [-0.05, 0) is 18.4 Å². The summed E-state index contributed by atoms with van der Waals surface area (Å²) in [5.41, 5.74) is 3.57. The van der Waals surface area contributed by atoms with Crippen LogP contribution in [0.5, 0.6) is 0 Å². The Bertz CT molecular complexity index is 472. The zero-order chi connectivity index (χ0) is 15.1. The predicted octanol–water partition coefficient (Wildman–Crippen LogP) is 1.90. The van der Waals surface area contributed by atoms with Gasteiger partial charge in [0.1, 0.15) is 0 Å². The lowest BCUT2D eigenvalue weighted by Crippen LogP contribution is -2.50. The minimum Gasteiger partial charge on any atom is -0.481 e. The number of nitrogens with one attached hydrogen (secondary N) is 2. The number of hydrogen-bond acceptors (Lipinski definition) is 3. The number of rotatable bonds is 5. The van der Waals surface area contributed by atoms with Gasteiger partial charge < -0.3 is 10.4 Å². The molecule has 2 amide bonds. The number of carboxylic acid groups (broad SMARTS) is 1. The second-order valence-electron chi connectivity index (χ2n) is 5.19. The Morgan fingerprint density at radius 1 is 1.14 bits per heavy atom. The summed E-state index contributed by atoms with van der Waals surface area (Å²) in [5.74, 6) is -0.942. The van der Waals surface area contributed by atoms with Gasteiger partial charge in [0, 0.05) is 13.1 Å². The molecule has 6 heteroatoms. The van der Waals surface area contributed by atoms with Gasteiger partial charge in [-0.1, -0.05) is 36.8 Å². The van der Waals surface area contributed by atoms with Crippen molar-refractivity contribution in [1.29, 1.82) is 0 Å². The molecule has 6 nitrogen and oxygen atoms in total. The average molecular weight is 291 g/mol. The first-order valence-electron chi connectivity index (χ1n) is 7.24. The number of aliphatic carboxylic acids is 1. The SMILES string of the molecule is O=C(O)CC(NC(=O)NN1CCCCC1)c1ccccc1. The minimum atomic E-state index is -0.942. The molecule has 1 atom stereocenters. The average Bonchev–Trinajstić information content (AvgIpc) is 2.48. The molecule has 1 heterocycles. The Labute approximate surface area is 124 Å². The molecule has 0 aromatic heterocycles. The molecule has 114 valence electrons. The molecule has 2 rings (SSSR count). The van der Waals surface area contributed by atoms with E-state index in [0.717, 1.165) is 31.5 Å². The maximum atomic E-state index is 12.0. The van der Waals surface area contributed by atoms with E-state index >= 15 is 0 Å². The van der Waals surface area contributed by atoms with Gasteiger partial charge in [-0.15, -0.1) is 0 Å². The molecular weight excluding hydrogens is 270 g/mol. The quantitative estimate of drug-likeness (QED) is 0.774. The summed E-state index contributed by atoms with van der Waals surface area (Å²) < 4.78 is 0. The molecular formula is C15H21N3O3. The Morgan fingerprint density at radius 3 is 2.43 bits per heavy atom. The van der Waals surface area contributed by atoms with Crippen LogP contribution in [0.3, 0.4) is 0 Å². The first-order valence-corrected chi connectivity index (χ1v) is 7.24. The number of hydrazine groups is 1. The highest BCUT2D eigenvalue weighted by Crippen LogP contribution is 2.16. The third-order valence-electron chi connectivity index (χ3n) is 3.50.